The van der Waals surface area contributed by atoms with Crippen LogP contribution < -0.4 is 5.32 Å². The Hall–Kier alpha value is -0.0800. The predicted molar refractivity (Wildman–Crippen MR) is 49.2 cm³/mol. The molecule has 1 aliphatic heterocycles. The number of hydrogen-bond acceptors (Lipinski definition) is 2. The van der Waals surface area contributed by atoms with E-state index in [4.69, 9.17) is 4.74 Å². The van der Waals surface area contributed by atoms with Gasteiger partial charge in [0.2, 0.25) is 0 Å². The Balaban J connectivity index is 1.58. The Morgan fingerprint density at radius 3 is 2.58 bits per heavy atom. The van der Waals surface area contributed by atoms with Crippen LogP contribution in [-0.4, -0.2) is 25.3 Å². The summed E-state index contributed by atoms with van der Waals surface area (Å²) in [5.74, 6) is 0. The molecule has 2 rings (SSSR count). The Kier molecular flexibility index (Phi) is 3.01. The van der Waals surface area contributed by atoms with Gasteiger partial charge in [-0.2, -0.15) is 0 Å². The van der Waals surface area contributed by atoms with E-state index >= 15 is 0 Å². The summed E-state index contributed by atoms with van der Waals surface area (Å²) < 4.78 is 5.75. The molecule has 0 radical (unpaired) electrons. The summed E-state index contributed by atoms with van der Waals surface area (Å²) in [5.41, 5.74) is 0. The van der Waals surface area contributed by atoms with Crippen LogP contribution in [0.15, 0.2) is 0 Å². The molecule has 2 nitrogen and oxygen atoms in total. The second-order valence-corrected chi connectivity index (χ2v) is 4.03. The first kappa shape index (κ1) is 8.52. The molecule has 2 fully saturated rings. The molecule has 0 spiro atoms. The Bertz CT molecular complexity index is 128. The maximum Gasteiger partial charge on any atom is 0.0623 e. The van der Waals surface area contributed by atoms with E-state index in [0.29, 0.717) is 12.1 Å². The number of nitrogens with one attached hydrogen (secondary N) is 1. The molecule has 1 heterocycles. The first-order chi connectivity index (χ1) is 5.95. The lowest BCUT2D eigenvalue weighted by molar-refractivity contribution is -0.0113. The van der Waals surface area contributed by atoms with E-state index in [1.165, 1.54) is 45.1 Å². The smallest absolute Gasteiger partial charge is 0.0623 e. The molecular formula is C10H19NO. The standard InChI is InChI=1S/C10H19NO/c1-2-7-11-9(4-1)8-12-10-5-3-6-10/h9-11H,1-8H2. The summed E-state index contributed by atoms with van der Waals surface area (Å²) in [4.78, 5) is 0. The molecule has 0 aromatic rings. The zero-order chi connectivity index (χ0) is 8.23. The molecule has 1 N–H and O–H groups in total. The van der Waals surface area contributed by atoms with E-state index < -0.39 is 0 Å². The normalized spacial score (nSPS) is 31.5. The third-order valence-electron chi connectivity index (χ3n) is 3.00. The highest BCUT2D eigenvalue weighted by Crippen LogP contribution is 2.22. The molecule has 2 aliphatic rings. The molecular weight excluding hydrogens is 150 g/mol. The fourth-order valence-corrected chi connectivity index (χ4v) is 1.86. The number of ether oxygens (including phenoxy) is 1. The highest BCUT2D eigenvalue weighted by atomic mass is 16.5. The molecule has 0 aromatic heterocycles. The minimum Gasteiger partial charge on any atom is -0.377 e. The average Bonchev–Trinajstić information content (AvgIpc) is 2.04. The fourth-order valence-electron chi connectivity index (χ4n) is 1.86. The minimum atomic E-state index is 0.605. The fraction of sp³-hybridized carbons (Fsp3) is 1.00. The van der Waals surface area contributed by atoms with E-state index in [-0.39, 0.29) is 0 Å². The minimum absolute atomic E-state index is 0.605. The second kappa shape index (κ2) is 4.24. The van der Waals surface area contributed by atoms with Crippen LogP contribution in [0, 0.1) is 0 Å². The summed E-state index contributed by atoms with van der Waals surface area (Å²) in [6.07, 6.45) is 8.62. The topological polar surface area (TPSA) is 21.3 Å². The molecule has 1 saturated carbocycles. The maximum absolute atomic E-state index is 5.75. The Morgan fingerprint density at radius 2 is 2.00 bits per heavy atom. The highest BCUT2D eigenvalue weighted by molar-refractivity contribution is 4.74. The van der Waals surface area contributed by atoms with Crippen LogP contribution in [0.5, 0.6) is 0 Å². The molecule has 1 unspecified atom stereocenters. The van der Waals surface area contributed by atoms with Crippen molar-refractivity contribution in [1.29, 1.82) is 0 Å². The first-order valence-corrected chi connectivity index (χ1v) is 5.30. The van der Waals surface area contributed by atoms with Gasteiger partial charge in [0, 0.05) is 6.04 Å². The van der Waals surface area contributed by atoms with Gasteiger partial charge in [-0.1, -0.05) is 6.42 Å². The lowest BCUT2D eigenvalue weighted by atomic mass is 9.96. The van der Waals surface area contributed by atoms with Crippen LogP contribution in [0.3, 0.4) is 0 Å². The molecule has 1 atom stereocenters. The molecule has 0 bridgehead atoms. The van der Waals surface area contributed by atoms with Gasteiger partial charge in [0.25, 0.3) is 0 Å². The molecule has 70 valence electrons. The number of hydrogen-bond donors (Lipinski definition) is 1. The van der Waals surface area contributed by atoms with Crippen LogP contribution in [-0.2, 0) is 4.74 Å². The lowest BCUT2D eigenvalue weighted by Crippen LogP contribution is -2.39. The van der Waals surface area contributed by atoms with Crippen LogP contribution >= 0.6 is 0 Å². The van der Waals surface area contributed by atoms with Gasteiger partial charge in [-0.3, -0.25) is 0 Å². The van der Waals surface area contributed by atoms with Crippen LogP contribution in [0.2, 0.25) is 0 Å². The van der Waals surface area contributed by atoms with Gasteiger partial charge < -0.3 is 10.1 Å². The van der Waals surface area contributed by atoms with Crippen molar-refractivity contribution in [2.75, 3.05) is 13.2 Å². The number of piperidine rings is 1. The van der Waals surface area contributed by atoms with Gasteiger partial charge in [-0.25, -0.2) is 0 Å². The van der Waals surface area contributed by atoms with Gasteiger partial charge in [0.15, 0.2) is 0 Å². The monoisotopic (exact) mass is 169 g/mol. The Labute approximate surface area is 74.7 Å². The van der Waals surface area contributed by atoms with E-state index in [2.05, 4.69) is 5.32 Å². The predicted octanol–water partition coefficient (Wildman–Crippen LogP) is 1.70. The number of rotatable bonds is 3. The van der Waals surface area contributed by atoms with E-state index in [1.54, 1.807) is 0 Å². The maximum atomic E-state index is 5.75. The Morgan fingerprint density at radius 1 is 1.08 bits per heavy atom. The second-order valence-electron chi connectivity index (χ2n) is 4.03. The summed E-state index contributed by atoms with van der Waals surface area (Å²) >= 11 is 0. The van der Waals surface area contributed by atoms with Crippen LogP contribution in [0.1, 0.15) is 38.5 Å². The zero-order valence-corrected chi connectivity index (χ0v) is 7.72. The summed E-state index contributed by atoms with van der Waals surface area (Å²) in [7, 11) is 0. The third-order valence-corrected chi connectivity index (χ3v) is 3.00. The summed E-state index contributed by atoms with van der Waals surface area (Å²) in [6.45, 7) is 2.14. The largest absolute Gasteiger partial charge is 0.377 e. The zero-order valence-electron chi connectivity index (χ0n) is 7.72. The van der Waals surface area contributed by atoms with Crippen molar-refractivity contribution in [1.82, 2.24) is 5.32 Å². The highest BCUT2D eigenvalue weighted by Gasteiger charge is 2.20. The quantitative estimate of drug-likeness (QED) is 0.694. The van der Waals surface area contributed by atoms with E-state index in [0.717, 1.165) is 6.61 Å². The van der Waals surface area contributed by atoms with Crippen molar-refractivity contribution < 1.29 is 4.74 Å². The molecule has 12 heavy (non-hydrogen) atoms. The van der Waals surface area contributed by atoms with E-state index in [9.17, 15) is 0 Å². The van der Waals surface area contributed by atoms with Crippen molar-refractivity contribution in [2.24, 2.45) is 0 Å². The van der Waals surface area contributed by atoms with Crippen molar-refractivity contribution in [3.63, 3.8) is 0 Å². The van der Waals surface area contributed by atoms with Gasteiger partial charge in [-0.05, 0) is 38.6 Å². The van der Waals surface area contributed by atoms with Gasteiger partial charge in [0.1, 0.15) is 0 Å². The van der Waals surface area contributed by atoms with Crippen LogP contribution in [0.25, 0.3) is 0 Å². The SMILES string of the molecule is C1CCC(COC2CCC2)NC1. The molecule has 0 amide bonds. The summed E-state index contributed by atoms with van der Waals surface area (Å²) in [6, 6.07) is 0.652. The van der Waals surface area contributed by atoms with Gasteiger partial charge in [0.05, 0.1) is 12.7 Å². The molecule has 0 aromatic carbocycles. The molecule has 2 heteroatoms. The van der Waals surface area contributed by atoms with Crippen LogP contribution in [0.4, 0.5) is 0 Å². The van der Waals surface area contributed by atoms with Crippen molar-refractivity contribution in [2.45, 2.75) is 50.7 Å². The molecule has 1 saturated heterocycles. The first-order valence-electron chi connectivity index (χ1n) is 5.30. The lowest BCUT2D eigenvalue weighted by Gasteiger charge is -2.29. The van der Waals surface area contributed by atoms with Crippen molar-refractivity contribution in [3.05, 3.63) is 0 Å². The van der Waals surface area contributed by atoms with Gasteiger partial charge >= 0.3 is 0 Å². The van der Waals surface area contributed by atoms with Gasteiger partial charge in [-0.15, -0.1) is 0 Å². The molecule has 1 aliphatic carbocycles. The van der Waals surface area contributed by atoms with Crippen molar-refractivity contribution >= 4 is 0 Å². The van der Waals surface area contributed by atoms with Crippen molar-refractivity contribution in [3.8, 4) is 0 Å². The average molecular weight is 169 g/mol. The van der Waals surface area contributed by atoms with E-state index in [1.807, 2.05) is 0 Å². The third kappa shape index (κ3) is 2.20. The summed E-state index contributed by atoms with van der Waals surface area (Å²) in [5, 5.41) is 3.50.